The number of carbonyl (C=O) groups is 2. The lowest BCUT2D eigenvalue weighted by Gasteiger charge is -2.13. The molecule has 1 aromatic carbocycles. The van der Waals surface area contributed by atoms with Crippen molar-refractivity contribution in [1.29, 1.82) is 0 Å². The Morgan fingerprint density at radius 1 is 1.16 bits per heavy atom. The maximum absolute atomic E-state index is 12.9. The van der Waals surface area contributed by atoms with Crippen LogP contribution in [0.5, 0.6) is 0 Å². The highest BCUT2D eigenvalue weighted by atomic mass is 32.2. The minimum Gasteiger partial charge on any atom is -0.465 e. The molecule has 0 aliphatic heterocycles. The van der Waals surface area contributed by atoms with Gasteiger partial charge < -0.3 is 10.4 Å². The summed E-state index contributed by atoms with van der Waals surface area (Å²) in [5, 5.41) is 11.2. The molecule has 1 fully saturated rings. The van der Waals surface area contributed by atoms with Gasteiger partial charge in [-0.1, -0.05) is 17.7 Å². The number of aromatic nitrogens is 3. The Morgan fingerprint density at radius 2 is 1.91 bits per heavy atom. The molecule has 2 atom stereocenters. The summed E-state index contributed by atoms with van der Waals surface area (Å²) >= 11 is 0. The molecule has 11 nitrogen and oxygen atoms in total. The van der Waals surface area contributed by atoms with E-state index in [-0.39, 0.29) is 34.2 Å². The third-order valence-corrected chi connectivity index (χ3v) is 7.06. The van der Waals surface area contributed by atoms with E-state index in [1.54, 1.807) is 12.1 Å². The standard InChI is InChI=1S/C20H22N6O5S/c1-12-2-6-15(7-3-12)32(30,31)26-9-8-16-18(26)21-11-17(23-16)24-25-19(27)13-4-5-14(10-13)22-20(28)29/h2-3,6-9,11,13-14,22H,4-5,10H2,1H3,(H,23,24)(H,25,27)(H,28,29)/t13-,14+/m1/s1. The zero-order valence-electron chi connectivity index (χ0n) is 17.1. The molecule has 0 bridgehead atoms. The molecular formula is C20H22N6O5S. The Kier molecular flexibility index (Phi) is 5.70. The number of hydrogen-bond donors (Lipinski definition) is 4. The van der Waals surface area contributed by atoms with Gasteiger partial charge in [0, 0.05) is 18.2 Å². The van der Waals surface area contributed by atoms with E-state index in [1.165, 1.54) is 30.6 Å². The van der Waals surface area contributed by atoms with Crippen molar-refractivity contribution in [2.24, 2.45) is 5.92 Å². The molecule has 0 unspecified atom stereocenters. The number of rotatable bonds is 6. The Hall–Kier alpha value is -3.67. The van der Waals surface area contributed by atoms with Gasteiger partial charge in [-0.25, -0.2) is 27.2 Å². The number of hydrogen-bond acceptors (Lipinski definition) is 7. The van der Waals surface area contributed by atoms with Gasteiger partial charge in [0.05, 0.1) is 11.1 Å². The monoisotopic (exact) mass is 458 g/mol. The molecular weight excluding hydrogens is 436 g/mol. The first-order valence-corrected chi connectivity index (χ1v) is 11.4. The second-order valence-corrected chi connectivity index (χ2v) is 9.48. The summed E-state index contributed by atoms with van der Waals surface area (Å²) in [5.74, 6) is -0.354. The average molecular weight is 459 g/mol. The molecule has 1 aliphatic carbocycles. The van der Waals surface area contributed by atoms with Crippen LogP contribution in [0.1, 0.15) is 24.8 Å². The third kappa shape index (κ3) is 4.35. The fourth-order valence-corrected chi connectivity index (χ4v) is 5.02. The molecule has 32 heavy (non-hydrogen) atoms. The molecule has 0 radical (unpaired) electrons. The van der Waals surface area contributed by atoms with E-state index in [4.69, 9.17) is 5.11 Å². The molecule has 4 rings (SSSR count). The number of fused-ring (bicyclic) bond motifs is 1. The summed E-state index contributed by atoms with van der Waals surface area (Å²) in [5.41, 5.74) is 6.70. The second-order valence-electron chi connectivity index (χ2n) is 7.66. The first-order chi connectivity index (χ1) is 15.2. The van der Waals surface area contributed by atoms with Crippen LogP contribution >= 0.6 is 0 Å². The minimum atomic E-state index is -3.83. The predicted octanol–water partition coefficient (Wildman–Crippen LogP) is 1.86. The Bertz CT molecular complexity index is 1270. The van der Waals surface area contributed by atoms with Crippen LogP contribution in [-0.2, 0) is 14.8 Å². The van der Waals surface area contributed by atoms with Gasteiger partial charge >= 0.3 is 6.09 Å². The smallest absolute Gasteiger partial charge is 0.404 e. The van der Waals surface area contributed by atoms with E-state index < -0.39 is 16.1 Å². The van der Waals surface area contributed by atoms with E-state index in [0.717, 1.165) is 9.54 Å². The van der Waals surface area contributed by atoms with Crippen molar-refractivity contribution in [3.8, 4) is 0 Å². The number of carboxylic acid groups (broad SMARTS) is 1. The normalized spacial score (nSPS) is 18.4. The van der Waals surface area contributed by atoms with E-state index >= 15 is 0 Å². The van der Waals surface area contributed by atoms with Crippen LogP contribution in [0.2, 0.25) is 0 Å². The van der Waals surface area contributed by atoms with Crippen LogP contribution in [0.4, 0.5) is 10.6 Å². The van der Waals surface area contributed by atoms with Crippen LogP contribution < -0.4 is 16.2 Å². The lowest BCUT2D eigenvalue weighted by atomic mass is 10.1. The van der Waals surface area contributed by atoms with Gasteiger partial charge in [-0.2, -0.15) is 0 Å². The number of anilines is 1. The molecule has 2 amide bonds. The second kappa shape index (κ2) is 8.46. The maximum atomic E-state index is 12.9. The van der Waals surface area contributed by atoms with Crippen molar-refractivity contribution < 1.29 is 23.1 Å². The maximum Gasteiger partial charge on any atom is 0.404 e. The number of nitrogens with one attached hydrogen (secondary N) is 3. The zero-order valence-corrected chi connectivity index (χ0v) is 18.0. The minimum absolute atomic E-state index is 0.143. The van der Waals surface area contributed by atoms with Crippen molar-refractivity contribution in [2.45, 2.75) is 37.1 Å². The molecule has 12 heteroatoms. The number of carbonyl (C=O) groups excluding carboxylic acids is 1. The van der Waals surface area contributed by atoms with Gasteiger partial charge in [-0.3, -0.25) is 15.6 Å². The largest absolute Gasteiger partial charge is 0.465 e. The lowest BCUT2D eigenvalue weighted by Crippen LogP contribution is -2.36. The summed E-state index contributed by atoms with van der Waals surface area (Å²) in [6.45, 7) is 1.87. The van der Waals surface area contributed by atoms with Gasteiger partial charge in [-0.15, -0.1) is 0 Å². The number of amides is 2. The fraction of sp³-hybridized carbons (Fsp3) is 0.300. The molecule has 1 aliphatic rings. The zero-order chi connectivity index (χ0) is 22.9. The Labute approximate surface area is 183 Å². The fourth-order valence-electron chi connectivity index (χ4n) is 3.72. The van der Waals surface area contributed by atoms with Gasteiger partial charge in [0.15, 0.2) is 11.5 Å². The quantitative estimate of drug-likeness (QED) is 0.408. The first-order valence-electron chi connectivity index (χ1n) is 9.96. The van der Waals surface area contributed by atoms with E-state index in [2.05, 4.69) is 26.1 Å². The average Bonchev–Trinajstić information content (AvgIpc) is 3.39. The lowest BCUT2D eigenvalue weighted by molar-refractivity contribution is -0.124. The summed E-state index contributed by atoms with van der Waals surface area (Å²) in [7, 11) is -3.83. The number of aryl methyl sites for hydroxylation is 1. The van der Waals surface area contributed by atoms with Crippen LogP contribution in [0.25, 0.3) is 11.2 Å². The highest BCUT2D eigenvalue weighted by Gasteiger charge is 2.30. The molecule has 168 valence electrons. The van der Waals surface area contributed by atoms with Crippen LogP contribution in [-0.4, -0.2) is 45.5 Å². The van der Waals surface area contributed by atoms with Gasteiger partial charge in [0.2, 0.25) is 5.91 Å². The molecule has 4 N–H and O–H groups in total. The van der Waals surface area contributed by atoms with Gasteiger partial charge in [0.1, 0.15) is 5.52 Å². The molecule has 3 aromatic rings. The molecule has 0 saturated heterocycles. The predicted molar refractivity (Wildman–Crippen MR) is 115 cm³/mol. The third-order valence-electron chi connectivity index (χ3n) is 5.38. The Morgan fingerprint density at radius 3 is 2.62 bits per heavy atom. The highest BCUT2D eigenvalue weighted by molar-refractivity contribution is 7.90. The SMILES string of the molecule is Cc1ccc(S(=O)(=O)n2ccc3nc(NNC(=O)[C@@H]4CC[C@H](NC(=O)O)C4)cnc32)cc1. The summed E-state index contributed by atoms with van der Waals surface area (Å²) in [6.07, 6.45) is 3.20. The highest BCUT2D eigenvalue weighted by Crippen LogP contribution is 2.26. The molecule has 1 saturated carbocycles. The Balaban J connectivity index is 1.45. The van der Waals surface area contributed by atoms with Crippen molar-refractivity contribution in [1.82, 2.24) is 24.7 Å². The summed E-state index contributed by atoms with van der Waals surface area (Å²) in [6, 6.07) is 7.80. The number of hydrazine groups is 1. The van der Waals surface area contributed by atoms with Crippen molar-refractivity contribution in [2.75, 3.05) is 5.43 Å². The van der Waals surface area contributed by atoms with E-state index in [1.807, 2.05) is 6.92 Å². The van der Waals surface area contributed by atoms with Gasteiger partial charge in [-0.05, 0) is 44.4 Å². The van der Waals surface area contributed by atoms with Crippen molar-refractivity contribution in [3.63, 3.8) is 0 Å². The van der Waals surface area contributed by atoms with Crippen molar-refractivity contribution in [3.05, 3.63) is 48.3 Å². The molecule has 2 aromatic heterocycles. The van der Waals surface area contributed by atoms with Crippen LogP contribution in [0, 0.1) is 12.8 Å². The molecule has 0 spiro atoms. The number of benzene rings is 1. The molecule has 2 heterocycles. The number of nitrogens with zero attached hydrogens (tertiary/aromatic N) is 3. The first kappa shape index (κ1) is 21.6. The van der Waals surface area contributed by atoms with E-state index in [9.17, 15) is 18.0 Å². The van der Waals surface area contributed by atoms with E-state index in [0.29, 0.717) is 24.8 Å². The van der Waals surface area contributed by atoms with Crippen LogP contribution in [0.3, 0.4) is 0 Å². The topological polar surface area (TPSA) is 155 Å². The summed E-state index contributed by atoms with van der Waals surface area (Å²) in [4.78, 5) is 31.7. The van der Waals surface area contributed by atoms with Crippen LogP contribution in [0.15, 0.2) is 47.6 Å². The van der Waals surface area contributed by atoms with Crippen molar-refractivity contribution >= 4 is 39.0 Å². The van der Waals surface area contributed by atoms with Gasteiger partial charge in [0.25, 0.3) is 10.0 Å². The summed E-state index contributed by atoms with van der Waals surface area (Å²) < 4.78 is 26.9.